The molecule has 0 aromatic heterocycles. The predicted octanol–water partition coefficient (Wildman–Crippen LogP) is 2.62. The lowest BCUT2D eigenvalue weighted by atomic mass is 10.4. The highest BCUT2D eigenvalue weighted by Gasteiger charge is 1.94. The van der Waals surface area contributed by atoms with Crippen molar-refractivity contribution in [1.29, 1.82) is 0 Å². The van der Waals surface area contributed by atoms with E-state index in [1.807, 2.05) is 0 Å². The molecule has 0 N–H and O–H groups in total. The molecule has 0 amide bonds. The van der Waals surface area contributed by atoms with Crippen LogP contribution in [0.4, 0.5) is 4.79 Å². The molecule has 54 valence electrons. The second-order valence-corrected chi connectivity index (χ2v) is 1.71. The maximum atomic E-state index is 10.0. The van der Waals surface area contributed by atoms with E-state index in [2.05, 4.69) is 17.9 Å². The summed E-state index contributed by atoms with van der Waals surface area (Å²) in [5.41, 5.74) is -0.890. The van der Waals surface area contributed by atoms with E-state index in [-0.39, 0.29) is 5.76 Å². The van der Waals surface area contributed by atoms with Crippen molar-refractivity contribution in [2.45, 2.75) is 0 Å². The Balaban J connectivity index is 3.75. The van der Waals surface area contributed by atoms with Crippen molar-refractivity contribution in [2.24, 2.45) is 0 Å². The Kier molecular flexibility index (Phi) is 4.33. The van der Waals surface area contributed by atoms with Crippen LogP contribution in [-0.2, 0) is 4.74 Å². The van der Waals surface area contributed by atoms with Gasteiger partial charge in [0, 0.05) is 11.6 Å². The Morgan fingerprint density at radius 2 is 2.20 bits per heavy atom. The van der Waals surface area contributed by atoms with Gasteiger partial charge in [0.05, 0.1) is 0 Å². The number of carbonyl (C=O) groups is 1. The number of hydrogen-bond donors (Lipinski definition) is 0. The predicted molar refractivity (Wildman–Crippen MR) is 40.8 cm³/mol. The number of ether oxygens (including phenoxy) is 1. The topological polar surface area (TPSA) is 26.3 Å². The van der Waals surface area contributed by atoms with Crippen LogP contribution in [0.5, 0.6) is 0 Å². The second-order valence-electron chi connectivity index (χ2n) is 1.40. The molecular formula is C7H7ClO2. The van der Waals surface area contributed by atoms with Gasteiger partial charge in [-0.05, 0) is 6.08 Å². The number of halogens is 1. The lowest BCUT2D eigenvalue weighted by molar-refractivity contribution is 0.206. The molecule has 0 rings (SSSR count). The van der Waals surface area contributed by atoms with E-state index in [4.69, 9.17) is 11.6 Å². The number of rotatable bonds is 3. The first-order chi connectivity index (χ1) is 4.66. The van der Waals surface area contributed by atoms with Crippen LogP contribution in [0.3, 0.4) is 0 Å². The average molecular weight is 159 g/mol. The van der Waals surface area contributed by atoms with Gasteiger partial charge in [-0.3, -0.25) is 0 Å². The minimum Gasteiger partial charge on any atom is -0.415 e. The quantitative estimate of drug-likeness (QED) is 0.359. The van der Waals surface area contributed by atoms with E-state index < -0.39 is 5.43 Å². The smallest absolute Gasteiger partial charge is 0.409 e. The van der Waals surface area contributed by atoms with Crippen LogP contribution in [-0.4, -0.2) is 5.43 Å². The van der Waals surface area contributed by atoms with Crippen molar-refractivity contribution in [2.75, 3.05) is 0 Å². The molecule has 0 aliphatic carbocycles. The number of hydrogen-bond acceptors (Lipinski definition) is 2. The highest BCUT2D eigenvalue weighted by Crippen LogP contribution is 1.99. The number of carbonyl (C=O) groups excluding carboxylic acids is 1. The van der Waals surface area contributed by atoms with E-state index in [0.717, 1.165) is 0 Å². The summed E-state index contributed by atoms with van der Waals surface area (Å²) in [5.74, 6) is 0.194. The standard InChI is InChI=1S/C7H7ClO2/c1-3-4-5-6(2)10-7(8)9/h3-5H,1-2H2/b5-4-. The van der Waals surface area contributed by atoms with Crippen LogP contribution in [0.25, 0.3) is 0 Å². The maximum Gasteiger partial charge on any atom is 0.409 e. The Bertz CT molecular complexity index is 182. The summed E-state index contributed by atoms with van der Waals surface area (Å²) in [6.45, 7) is 6.78. The van der Waals surface area contributed by atoms with Crippen molar-refractivity contribution >= 4 is 17.0 Å². The van der Waals surface area contributed by atoms with Crippen LogP contribution < -0.4 is 0 Å². The Morgan fingerprint density at radius 1 is 1.60 bits per heavy atom. The normalized spacial score (nSPS) is 9.30. The van der Waals surface area contributed by atoms with Crippen LogP contribution >= 0.6 is 11.6 Å². The van der Waals surface area contributed by atoms with Gasteiger partial charge >= 0.3 is 5.43 Å². The molecule has 0 spiro atoms. The van der Waals surface area contributed by atoms with E-state index >= 15 is 0 Å². The Labute approximate surface area is 64.4 Å². The van der Waals surface area contributed by atoms with Gasteiger partial charge in [-0.25, -0.2) is 4.79 Å². The van der Waals surface area contributed by atoms with Crippen LogP contribution in [0.15, 0.2) is 37.1 Å². The zero-order valence-corrected chi connectivity index (χ0v) is 6.10. The van der Waals surface area contributed by atoms with E-state index in [0.29, 0.717) is 0 Å². The maximum absolute atomic E-state index is 10.0. The first-order valence-electron chi connectivity index (χ1n) is 2.52. The molecule has 0 heterocycles. The molecular weight excluding hydrogens is 152 g/mol. The zero-order valence-electron chi connectivity index (χ0n) is 5.34. The molecule has 0 radical (unpaired) electrons. The van der Waals surface area contributed by atoms with Gasteiger partial charge in [-0.2, -0.15) is 0 Å². The van der Waals surface area contributed by atoms with Crippen LogP contribution in [0, 0.1) is 0 Å². The molecule has 0 aliphatic rings. The molecule has 0 atom stereocenters. The van der Waals surface area contributed by atoms with E-state index in [1.54, 1.807) is 6.08 Å². The summed E-state index contributed by atoms with van der Waals surface area (Å²) in [6, 6.07) is 0. The fourth-order valence-corrected chi connectivity index (χ4v) is 0.412. The molecule has 0 aliphatic heterocycles. The molecule has 0 saturated heterocycles. The van der Waals surface area contributed by atoms with Crippen LogP contribution in [0.2, 0.25) is 0 Å². The summed E-state index contributed by atoms with van der Waals surface area (Å²) in [7, 11) is 0. The van der Waals surface area contributed by atoms with Gasteiger partial charge in [-0.15, -0.1) is 0 Å². The summed E-state index contributed by atoms with van der Waals surface area (Å²) in [6.07, 6.45) is 4.60. The van der Waals surface area contributed by atoms with Crippen molar-refractivity contribution in [3.05, 3.63) is 37.1 Å². The van der Waals surface area contributed by atoms with Crippen molar-refractivity contribution in [1.82, 2.24) is 0 Å². The largest absolute Gasteiger partial charge is 0.415 e. The molecule has 2 nitrogen and oxygen atoms in total. The molecule has 10 heavy (non-hydrogen) atoms. The van der Waals surface area contributed by atoms with Crippen molar-refractivity contribution in [3.8, 4) is 0 Å². The van der Waals surface area contributed by atoms with Gasteiger partial charge in [-0.1, -0.05) is 25.3 Å². The number of allylic oxidation sites excluding steroid dienone is 3. The molecule has 0 aromatic rings. The molecule has 0 aromatic carbocycles. The Hall–Kier alpha value is -1.02. The third-order valence-electron chi connectivity index (χ3n) is 0.630. The zero-order chi connectivity index (χ0) is 7.98. The van der Waals surface area contributed by atoms with Gasteiger partial charge in [0.1, 0.15) is 5.76 Å². The van der Waals surface area contributed by atoms with E-state index in [1.165, 1.54) is 12.2 Å². The highest BCUT2D eigenvalue weighted by molar-refractivity contribution is 6.61. The SMILES string of the molecule is C=C/C=C\C(=C)OC(=O)Cl. The molecule has 0 saturated carbocycles. The fourth-order valence-electron chi connectivity index (χ4n) is 0.312. The van der Waals surface area contributed by atoms with Crippen LogP contribution in [0.1, 0.15) is 0 Å². The first kappa shape index (κ1) is 8.98. The Morgan fingerprint density at radius 3 is 2.60 bits per heavy atom. The third kappa shape index (κ3) is 5.12. The fraction of sp³-hybridized carbons (Fsp3) is 0. The lowest BCUT2D eigenvalue weighted by Gasteiger charge is -1.94. The minimum atomic E-state index is -0.890. The average Bonchev–Trinajstić information content (AvgIpc) is 1.82. The van der Waals surface area contributed by atoms with Crippen molar-refractivity contribution in [3.63, 3.8) is 0 Å². The first-order valence-corrected chi connectivity index (χ1v) is 2.90. The van der Waals surface area contributed by atoms with Gasteiger partial charge in [0.2, 0.25) is 0 Å². The summed E-state index contributed by atoms with van der Waals surface area (Å²) >= 11 is 4.87. The minimum absolute atomic E-state index is 0.194. The molecule has 3 heteroatoms. The monoisotopic (exact) mass is 158 g/mol. The third-order valence-corrected chi connectivity index (χ3v) is 0.707. The van der Waals surface area contributed by atoms with Gasteiger partial charge in [0.15, 0.2) is 0 Å². The van der Waals surface area contributed by atoms with E-state index in [9.17, 15) is 4.79 Å². The van der Waals surface area contributed by atoms with Gasteiger partial charge < -0.3 is 4.74 Å². The summed E-state index contributed by atoms with van der Waals surface area (Å²) in [4.78, 5) is 10.0. The highest BCUT2D eigenvalue weighted by atomic mass is 35.5. The van der Waals surface area contributed by atoms with Crippen molar-refractivity contribution < 1.29 is 9.53 Å². The molecule has 0 fully saturated rings. The second kappa shape index (κ2) is 4.82. The lowest BCUT2D eigenvalue weighted by Crippen LogP contribution is -1.89. The van der Waals surface area contributed by atoms with Gasteiger partial charge in [0.25, 0.3) is 0 Å². The molecule has 0 unspecified atom stereocenters. The summed E-state index contributed by atoms with van der Waals surface area (Å²) < 4.78 is 4.35. The molecule has 0 bridgehead atoms. The summed E-state index contributed by atoms with van der Waals surface area (Å²) in [5, 5.41) is 0.